The first kappa shape index (κ1) is 21.7. The van der Waals surface area contributed by atoms with Gasteiger partial charge in [-0.3, -0.25) is 4.79 Å². The molecule has 5 nitrogen and oxygen atoms in total. The zero-order valence-electron chi connectivity index (χ0n) is 18.1. The summed E-state index contributed by atoms with van der Waals surface area (Å²) in [5.41, 5.74) is 2.72. The number of amides is 1. The number of rotatable bonds is 6. The Morgan fingerprint density at radius 2 is 1.88 bits per heavy atom. The fourth-order valence-electron chi connectivity index (χ4n) is 4.34. The van der Waals surface area contributed by atoms with Crippen molar-refractivity contribution in [2.75, 3.05) is 32.8 Å². The molecule has 0 radical (unpaired) electrons. The Balaban J connectivity index is 1.44. The van der Waals surface area contributed by atoms with E-state index in [1.165, 1.54) is 21.9 Å². The highest BCUT2D eigenvalue weighted by Gasteiger charge is 2.28. The van der Waals surface area contributed by atoms with Crippen LogP contribution in [0.5, 0.6) is 0 Å². The highest BCUT2D eigenvalue weighted by Crippen LogP contribution is 2.25. The molecule has 1 saturated heterocycles. The molecule has 0 spiro atoms. The minimum absolute atomic E-state index is 0.133. The van der Waals surface area contributed by atoms with E-state index in [2.05, 4.69) is 22.8 Å². The van der Waals surface area contributed by atoms with Gasteiger partial charge < -0.3 is 15.0 Å². The fraction of sp³-hybridized carbons (Fsp3) is 0.231. The minimum Gasteiger partial charge on any atom is -0.370 e. The summed E-state index contributed by atoms with van der Waals surface area (Å²) in [5.74, 6) is -0.436. The lowest BCUT2D eigenvalue weighted by atomic mass is 10.0. The first-order chi connectivity index (χ1) is 16.2. The Hall–Kier alpha value is -3.13. The average molecular weight is 463 g/mol. The van der Waals surface area contributed by atoms with Crippen molar-refractivity contribution < 1.29 is 18.8 Å². The summed E-state index contributed by atoms with van der Waals surface area (Å²) in [7, 11) is 0. The lowest BCUT2D eigenvalue weighted by molar-refractivity contribution is -0.937. The number of aromatic nitrogens is 1. The van der Waals surface area contributed by atoms with Gasteiger partial charge in [0.1, 0.15) is 24.9 Å². The summed E-state index contributed by atoms with van der Waals surface area (Å²) in [5, 5.41) is 6.06. The Morgan fingerprint density at radius 3 is 2.64 bits per heavy atom. The number of morpholine rings is 1. The van der Waals surface area contributed by atoms with Crippen molar-refractivity contribution in [3.63, 3.8) is 0 Å². The summed E-state index contributed by atoms with van der Waals surface area (Å²) in [6.07, 6.45) is 0. The van der Waals surface area contributed by atoms with Crippen molar-refractivity contribution in [3.8, 4) is 11.3 Å². The molecule has 0 aliphatic carbocycles. The first-order valence-electron chi connectivity index (χ1n) is 11.1. The van der Waals surface area contributed by atoms with E-state index in [-0.39, 0.29) is 17.8 Å². The Kier molecular flexibility index (Phi) is 6.44. The maximum Gasteiger partial charge on any atom is 0.252 e. The quantitative estimate of drug-likeness (QED) is 0.461. The van der Waals surface area contributed by atoms with Crippen molar-refractivity contribution in [2.45, 2.75) is 6.04 Å². The van der Waals surface area contributed by atoms with Crippen LogP contribution in [0.3, 0.4) is 0 Å². The van der Waals surface area contributed by atoms with Crippen LogP contribution >= 0.6 is 11.3 Å². The number of hydrogen-bond acceptors (Lipinski definition) is 4. The SMILES string of the molecule is O=C(NC[C@@H](c1cccs1)[NH+]1CCOCC1)c1cc(-c2ccc(F)cc2)nc2ccccc12. The van der Waals surface area contributed by atoms with Gasteiger partial charge in [-0.2, -0.15) is 0 Å². The second-order valence-corrected chi connectivity index (χ2v) is 9.11. The van der Waals surface area contributed by atoms with Crippen LogP contribution in [0.1, 0.15) is 21.3 Å². The van der Waals surface area contributed by atoms with Gasteiger partial charge in [0.05, 0.1) is 41.4 Å². The number of halogens is 1. The second kappa shape index (κ2) is 9.79. The van der Waals surface area contributed by atoms with Gasteiger partial charge in [-0.1, -0.05) is 24.3 Å². The van der Waals surface area contributed by atoms with E-state index in [0.29, 0.717) is 17.8 Å². The molecule has 2 aromatic heterocycles. The summed E-state index contributed by atoms with van der Waals surface area (Å²) >= 11 is 1.72. The van der Waals surface area contributed by atoms with E-state index >= 15 is 0 Å². The fourth-order valence-corrected chi connectivity index (χ4v) is 5.23. The topological polar surface area (TPSA) is 55.7 Å². The summed E-state index contributed by atoms with van der Waals surface area (Å²) in [4.78, 5) is 20.8. The number of carbonyl (C=O) groups excluding carboxylic acids is 1. The molecule has 0 bridgehead atoms. The molecule has 2 aromatic carbocycles. The normalized spacial score (nSPS) is 15.4. The van der Waals surface area contributed by atoms with Gasteiger partial charge in [-0.15, -0.1) is 11.3 Å². The number of nitrogens with one attached hydrogen (secondary N) is 2. The molecule has 1 amide bonds. The number of quaternary nitrogens is 1. The summed E-state index contributed by atoms with van der Waals surface area (Å²) < 4.78 is 19.0. The average Bonchev–Trinajstić information content (AvgIpc) is 3.39. The minimum atomic E-state index is -0.303. The van der Waals surface area contributed by atoms with E-state index in [4.69, 9.17) is 9.72 Å². The van der Waals surface area contributed by atoms with E-state index in [1.807, 2.05) is 24.3 Å². The molecule has 1 aliphatic rings. The molecule has 33 heavy (non-hydrogen) atoms. The number of para-hydroxylation sites is 1. The van der Waals surface area contributed by atoms with Gasteiger partial charge in [0.2, 0.25) is 0 Å². The predicted octanol–water partition coefficient (Wildman–Crippen LogP) is 3.49. The van der Waals surface area contributed by atoms with Crippen LogP contribution in [0.15, 0.2) is 72.1 Å². The molecule has 3 heterocycles. The number of nitrogens with zero attached hydrogens (tertiary/aromatic N) is 1. The van der Waals surface area contributed by atoms with Gasteiger partial charge in [0.25, 0.3) is 5.91 Å². The first-order valence-corrected chi connectivity index (χ1v) is 12.0. The summed E-state index contributed by atoms with van der Waals surface area (Å²) in [6, 6.07) is 20.0. The van der Waals surface area contributed by atoms with Gasteiger partial charge in [0.15, 0.2) is 0 Å². The molecule has 0 unspecified atom stereocenters. The van der Waals surface area contributed by atoms with Crippen molar-refractivity contribution in [1.29, 1.82) is 0 Å². The lowest BCUT2D eigenvalue weighted by Gasteiger charge is -2.31. The Morgan fingerprint density at radius 1 is 1.09 bits per heavy atom. The van der Waals surface area contributed by atoms with Crippen molar-refractivity contribution in [3.05, 3.63) is 88.4 Å². The van der Waals surface area contributed by atoms with Gasteiger partial charge in [-0.25, -0.2) is 9.37 Å². The second-order valence-electron chi connectivity index (χ2n) is 8.13. The third kappa shape index (κ3) is 4.80. The standard InChI is InChI=1S/C26H24FN3O2S/c27-19-9-7-18(8-10-19)23-16-21(20-4-1-2-5-22(20)29-23)26(31)28-17-24(25-6-3-15-33-25)30-11-13-32-14-12-30/h1-10,15-16,24H,11-14,17H2,(H,28,31)/p+1/t24-/m0/s1. The number of benzene rings is 2. The number of pyridine rings is 1. The number of ether oxygens (including phenoxy) is 1. The van der Waals surface area contributed by atoms with Crippen LogP contribution in [0, 0.1) is 5.82 Å². The molecule has 168 valence electrons. The van der Waals surface area contributed by atoms with E-state index < -0.39 is 0 Å². The Bertz CT molecular complexity index is 1240. The smallest absolute Gasteiger partial charge is 0.252 e. The molecule has 7 heteroatoms. The third-order valence-corrected chi connectivity index (χ3v) is 7.07. The van der Waals surface area contributed by atoms with Crippen LogP contribution in [0.2, 0.25) is 0 Å². The maximum atomic E-state index is 13.4. The molecule has 5 rings (SSSR count). The van der Waals surface area contributed by atoms with Crippen molar-refractivity contribution in [2.24, 2.45) is 0 Å². The molecular weight excluding hydrogens is 437 g/mol. The number of thiophene rings is 1. The highest BCUT2D eigenvalue weighted by atomic mass is 32.1. The summed E-state index contributed by atoms with van der Waals surface area (Å²) in [6.45, 7) is 3.86. The van der Waals surface area contributed by atoms with E-state index in [1.54, 1.807) is 29.5 Å². The zero-order chi connectivity index (χ0) is 22.6. The molecule has 4 aromatic rings. The molecular formula is C26H25FN3O2S+. The van der Waals surface area contributed by atoms with E-state index in [9.17, 15) is 9.18 Å². The number of carbonyl (C=O) groups is 1. The van der Waals surface area contributed by atoms with Crippen LogP contribution in [0.25, 0.3) is 22.2 Å². The highest BCUT2D eigenvalue weighted by molar-refractivity contribution is 7.10. The molecule has 0 saturated carbocycles. The van der Waals surface area contributed by atoms with Crippen LogP contribution in [-0.4, -0.2) is 43.7 Å². The lowest BCUT2D eigenvalue weighted by Crippen LogP contribution is -3.15. The Labute approximate surface area is 195 Å². The molecule has 1 aliphatic heterocycles. The van der Waals surface area contributed by atoms with Crippen molar-refractivity contribution in [1.82, 2.24) is 10.3 Å². The van der Waals surface area contributed by atoms with Crippen LogP contribution < -0.4 is 10.2 Å². The van der Waals surface area contributed by atoms with Crippen LogP contribution in [0.4, 0.5) is 4.39 Å². The number of fused-ring (bicyclic) bond motifs is 1. The third-order valence-electron chi connectivity index (χ3n) is 6.08. The van der Waals surface area contributed by atoms with E-state index in [0.717, 1.165) is 42.8 Å². The maximum absolute atomic E-state index is 13.4. The monoisotopic (exact) mass is 462 g/mol. The zero-order valence-corrected chi connectivity index (χ0v) is 18.9. The predicted molar refractivity (Wildman–Crippen MR) is 128 cm³/mol. The van der Waals surface area contributed by atoms with Crippen molar-refractivity contribution >= 4 is 28.1 Å². The van der Waals surface area contributed by atoms with Gasteiger partial charge in [0, 0.05) is 10.9 Å². The number of hydrogen-bond donors (Lipinski definition) is 2. The largest absolute Gasteiger partial charge is 0.370 e. The van der Waals surface area contributed by atoms with Gasteiger partial charge in [-0.05, 0) is 47.8 Å². The van der Waals surface area contributed by atoms with Crippen LogP contribution in [-0.2, 0) is 4.74 Å². The molecule has 1 fully saturated rings. The molecule has 1 atom stereocenters. The molecule has 2 N–H and O–H groups in total. The van der Waals surface area contributed by atoms with Gasteiger partial charge >= 0.3 is 0 Å².